The molecule has 0 amide bonds. The van der Waals surface area contributed by atoms with E-state index >= 15 is 0 Å². The van der Waals surface area contributed by atoms with E-state index in [1.165, 1.54) is 33.4 Å². The van der Waals surface area contributed by atoms with Gasteiger partial charge in [0.15, 0.2) is 0 Å². The van der Waals surface area contributed by atoms with E-state index in [0.29, 0.717) is 0 Å². The second kappa shape index (κ2) is 8.07. The molecule has 4 heterocycles. The molecular formula is C40H30O2. The van der Waals surface area contributed by atoms with E-state index in [0.717, 1.165) is 22.3 Å². The van der Waals surface area contributed by atoms with E-state index in [9.17, 15) is 0 Å². The van der Waals surface area contributed by atoms with Gasteiger partial charge in [0.05, 0.1) is 0 Å². The van der Waals surface area contributed by atoms with Crippen molar-refractivity contribution in [1.82, 2.24) is 0 Å². The van der Waals surface area contributed by atoms with Crippen LogP contribution in [0.15, 0.2) is 146 Å². The van der Waals surface area contributed by atoms with Crippen LogP contribution in [0.25, 0.3) is 0 Å². The molecule has 2 heteroatoms. The molecule has 9 rings (SSSR count). The Hall–Kier alpha value is -4.50. The summed E-state index contributed by atoms with van der Waals surface area (Å²) in [5.74, 6) is 0. The molecule has 4 atom stereocenters. The second-order valence-corrected chi connectivity index (χ2v) is 12.0. The minimum absolute atomic E-state index is 0.695. The summed E-state index contributed by atoms with van der Waals surface area (Å²) in [5.41, 5.74) is 9.27. The molecule has 0 aliphatic carbocycles. The minimum Gasteiger partial charge on any atom is -0.341 e. The van der Waals surface area contributed by atoms with Crippen molar-refractivity contribution in [2.75, 3.05) is 0 Å². The van der Waals surface area contributed by atoms with Crippen molar-refractivity contribution in [3.05, 3.63) is 201 Å². The molecule has 5 aromatic rings. The largest absolute Gasteiger partial charge is 0.341 e. The van der Waals surface area contributed by atoms with Gasteiger partial charge in [0, 0.05) is 22.3 Å². The molecule has 0 fully saturated rings. The summed E-state index contributed by atoms with van der Waals surface area (Å²) in [6.07, 6.45) is 9.18. The van der Waals surface area contributed by atoms with Gasteiger partial charge in [-0.05, 0) is 71.5 Å². The van der Waals surface area contributed by atoms with Gasteiger partial charge in [-0.15, -0.1) is 0 Å². The lowest BCUT2D eigenvalue weighted by Gasteiger charge is -2.34. The van der Waals surface area contributed by atoms with E-state index < -0.39 is 22.4 Å². The molecule has 42 heavy (non-hydrogen) atoms. The van der Waals surface area contributed by atoms with Gasteiger partial charge >= 0.3 is 0 Å². The van der Waals surface area contributed by atoms with Crippen molar-refractivity contribution in [2.45, 2.75) is 36.3 Å². The van der Waals surface area contributed by atoms with Crippen molar-refractivity contribution in [1.29, 1.82) is 0 Å². The van der Waals surface area contributed by atoms with Crippen molar-refractivity contribution in [2.24, 2.45) is 0 Å². The maximum Gasteiger partial charge on any atom is 0.139 e. The van der Waals surface area contributed by atoms with Gasteiger partial charge in [0.25, 0.3) is 0 Å². The van der Waals surface area contributed by atoms with Gasteiger partial charge in [0.1, 0.15) is 22.4 Å². The summed E-state index contributed by atoms with van der Waals surface area (Å²) in [5, 5.41) is 0. The molecule has 0 aromatic heterocycles. The number of fused-ring (bicyclic) bond motifs is 10. The smallest absolute Gasteiger partial charge is 0.139 e. The molecule has 0 saturated carbocycles. The van der Waals surface area contributed by atoms with Crippen LogP contribution in [0.5, 0.6) is 0 Å². The quantitative estimate of drug-likeness (QED) is 0.212. The van der Waals surface area contributed by atoms with E-state index in [-0.39, 0.29) is 0 Å². The molecule has 2 nitrogen and oxygen atoms in total. The SMILES string of the molecule is Cc1c2c(c(C)c3c1C1(c4ccccc4)C=CC3(c3ccccc3)O1)C1(c3ccccc3)C=CC2(c2ccccc2)O1. The van der Waals surface area contributed by atoms with E-state index in [1.807, 2.05) is 0 Å². The first-order valence-corrected chi connectivity index (χ1v) is 14.8. The van der Waals surface area contributed by atoms with Gasteiger partial charge in [-0.1, -0.05) is 121 Å². The zero-order valence-electron chi connectivity index (χ0n) is 23.7. The predicted octanol–water partition coefficient (Wildman–Crippen LogP) is 8.48. The van der Waals surface area contributed by atoms with Crippen LogP contribution in [0, 0.1) is 13.8 Å². The molecule has 0 spiro atoms. The lowest BCUT2D eigenvalue weighted by molar-refractivity contribution is -0.0282. The van der Waals surface area contributed by atoms with Crippen LogP contribution in [-0.4, -0.2) is 0 Å². The summed E-state index contributed by atoms with van der Waals surface area (Å²) in [4.78, 5) is 0. The Bertz CT molecular complexity index is 1660. The minimum atomic E-state index is -0.695. The van der Waals surface area contributed by atoms with Crippen LogP contribution in [0.3, 0.4) is 0 Å². The van der Waals surface area contributed by atoms with Crippen LogP contribution in [0.1, 0.15) is 55.6 Å². The fourth-order valence-electron chi connectivity index (χ4n) is 8.45. The monoisotopic (exact) mass is 542 g/mol. The average Bonchev–Trinajstić information content (AvgIpc) is 3.82. The highest BCUT2D eigenvalue weighted by atomic mass is 16.5. The fourth-order valence-corrected chi connectivity index (χ4v) is 8.45. The lowest BCUT2D eigenvalue weighted by atomic mass is 9.65. The molecular weight excluding hydrogens is 512 g/mol. The first kappa shape index (κ1) is 24.1. The molecule has 4 aliphatic rings. The van der Waals surface area contributed by atoms with Crippen molar-refractivity contribution < 1.29 is 9.47 Å². The fraction of sp³-hybridized carbons (Fsp3) is 0.150. The lowest BCUT2D eigenvalue weighted by Crippen LogP contribution is -2.29. The Morgan fingerprint density at radius 3 is 0.762 bits per heavy atom. The summed E-state index contributed by atoms with van der Waals surface area (Å²) in [6, 6.07) is 42.8. The second-order valence-electron chi connectivity index (χ2n) is 12.0. The maximum absolute atomic E-state index is 7.43. The Balaban J connectivity index is 1.44. The molecule has 5 aromatic carbocycles. The number of ether oxygens (including phenoxy) is 2. The summed E-state index contributed by atoms with van der Waals surface area (Å²) < 4.78 is 14.9. The standard InChI is InChI=1S/C40H30O2/c1-27-33-35(39(31-19-11-5-12-20-31)25-23-37(33,41-39)29-15-7-3-8-16-29)28(2)36-34(27)38(30-17-9-4-10-18-30)24-26-40(36,42-38)32-21-13-6-14-22-32/h3-26H,1-2H3. The highest BCUT2D eigenvalue weighted by molar-refractivity contribution is 5.75. The molecule has 0 radical (unpaired) electrons. The molecule has 0 N–H and O–H groups in total. The zero-order valence-corrected chi connectivity index (χ0v) is 23.7. The van der Waals surface area contributed by atoms with Crippen molar-refractivity contribution in [3.8, 4) is 0 Å². The number of benzene rings is 5. The molecule has 202 valence electrons. The zero-order chi connectivity index (χ0) is 28.2. The molecule has 0 saturated heterocycles. The van der Waals surface area contributed by atoms with Gasteiger partial charge in [0.2, 0.25) is 0 Å². The highest BCUT2D eigenvalue weighted by Crippen LogP contribution is 2.68. The Kier molecular flexibility index (Phi) is 4.64. The Morgan fingerprint density at radius 2 is 0.548 bits per heavy atom. The third kappa shape index (κ3) is 2.68. The van der Waals surface area contributed by atoms with Crippen molar-refractivity contribution >= 4 is 0 Å². The van der Waals surface area contributed by atoms with Gasteiger partial charge < -0.3 is 9.47 Å². The normalized spacial score (nSPS) is 29.2. The van der Waals surface area contributed by atoms with Gasteiger partial charge in [-0.25, -0.2) is 0 Å². The predicted molar refractivity (Wildman–Crippen MR) is 165 cm³/mol. The van der Waals surface area contributed by atoms with E-state index in [2.05, 4.69) is 159 Å². The summed E-state index contributed by atoms with van der Waals surface area (Å²) >= 11 is 0. The van der Waals surface area contributed by atoms with E-state index in [4.69, 9.17) is 9.47 Å². The molecule has 4 aliphatic heterocycles. The first-order chi connectivity index (χ1) is 20.6. The van der Waals surface area contributed by atoms with Crippen molar-refractivity contribution in [3.63, 3.8) is 0 Å². The summed E-state index contributed by atoms with van der Waals surface area (Å²) in [6.45, 7) is 4.58. The van der Waals surface area contributed by atoms with Gasteiger partial charge in [-0.2, -0.15) is 0 Å². The number of hydrogen-bond acceptors (Lipinski definition) is 2. The first-order valence-electron chi connectivity index (χ1n) is 14.8. The molecule has 4 unspecified atom stereocenters. The van der Waals surface area contributed by atoms with Gasteiger partial charge in [-0.3, -0.25) is 0 Å². The summed E-state index contributed by atoms with van der Waals surface area (Å²) in [7, 11) is 0. The topological polar surface area (TPSA) is 18.5 Å². The third-order valence-electron chi connectivity index (χ3n) is 10.0. The van der Waals surface area contributed by atoms with Crippen LogP contribution in [0.4, 0.5) is 0 Å². The van der Waals surface area contributed by atoms with Crippen LogP contribution in [0.2, 0.25) is 0 Å². The maximum atomic E-state index is 7.43. The Labute approximate surface area is 246 Å². The van der Waals surface area contributed by atoms with Crippen LogP contribution >= 0.6 is 0 Å². The number of rotatable bonds is 4. The van der Waals surface area contributed by atoms with Crippen LogP contribution in [-0.2, 0) is 31.9 Å². The Morgan fingerprint density at radius 1 is 0.333 bits per heavy atom. The van der Waals surface area contributed by atoms with E-state index in [1.54, 1.807) is 0 Å². The number of hydrogen-bond donors (Lipinski definition) is 0. The highest BCUT2D eigenvalue weighted by Gasteiger charge is 2.65. The average molecular weight is 543 g/mol. The van der Waals surface area contributed by atoms with Crippen LogP contribution < -0.4 is 0 Å². The third-order valence-corrected chi connectivity index (χ3v) is 10.0. The molecule has 4 bridgehead atoms.